The van der Waals surface area contributed by atoms with Crippen LogP contribution < -0.4 is 5.32 Å². The van der Waals surface area contributed by atoms with Gasteiger partial charge in [0.1, 0.15) is 6.04 Å². The van der Waals surface area contributed by atoms with E-state index in [1.807, 2.05) is 29.0 Å². The summed E-state index contributed by atoms with van der Waals surface area (Å²) in [6, 6.07) is 1.78. The number of fused-ring (bicyclic) bond motifs is 2. The highest BCUT2D eigenvalue weighted by Gasteiger charge is 2.27. The lowest BCUT2D eigenvalue weighted by Crippen LogP contribution is -2.32. The van der Waals surface area contributed by atoms with E-state index in [9.17, 15) is 4.79 Å². The number of anilines is 1. The van der Waals surface area contributed by atoms with Gasteiger partial charge in [-0.05, 0) is 17.2 Å². The lowest BCUT2D eigenvalue weighted by molar-refractivity contribution is -0.118. The molecule has 0 spiro atoms. The molecule has 0 saturated carbocycles. The molecule has 4 heteroatoms. The monoisotopic (exact) mass is 254 g/mol. The first-order chi connectivity index (χ1) is 8.79. The fourth-order valence-electron chi connectivity index (χ4n) is 2.24. The summed E-state index contributed by atoms with van der Waals surface area (Å²) < 4.78 is 0. The second kappa shape index (κ2) is 4.28. The highest BCUT2D eigenvalue weighted by molar-refractivity contribution is 7.08. The van der Waals surface area contributed by atoms with Crippen molar-refractivity contribution in [2.45, 2.75) is 12.5 Å². The van der Waals surface area contributed by atoms with E-state index >= 15 is 0 Å². The molecule has 0 saturated heterocycles. The Bertz CT molecular complexity index is 643. The van der Waals surface area contributed by atoms with E-state index in [1.165, 1.54) is 6.08 Å². The van der Waals surface area contributed by atoms with Crippen molar-refractivity contribution in [3.63, 3.8) is 0 Å². The van der Waals surface area contributed by atoms with Gasteiger partial charge in [-0.25, -0.2) is 0 Å². The van der Waals surface area contributed by atoms with Gasteiger partial charge >= 0.3 is 0 Å². The molecule has 18 heavy (non-hydrogen) atoms. The molecule has 1 aliphatic carbocycles. The summed E-state index contributed by atoms with van der Waals surface area (Å²) in [4.78, 5) is 11.9. The number of thiophene rings is 1. The third-order valence-electron chi connectivity index (χ3n) is 3.10. The predicted octanol–water partition coefficient (Wildman–Crippen LogP) is 2.90. The molecule has 0 amide bonds. The van der Waals surface area contributed by atoms with Crippen molar-refractivity contribution in [3.05, 3.63) is 46.2 Å². The van der Waals surface area contributed by atoms with Gasteiger partial charge in [-0.2, -0.15) is 5.26 Å². The Morgan fingerprint density at radius 2 is 2.39 bits per heavy atom. The molecule has 0 radical (unpaired) electrons. The first kappa shape index (κ1) is 11.0. The van der Waals surface area contributed by atoms with E-state index < -0.39 is 0 Å². The summed E-state index contributed by atoms with van der Waals surface area (Å²) >= 11 is 1.56. The van der Waals surface area contributed by atoms with Crippen LogP contribution in [0.4, 0.5) is 5.69 Å². The van der Waals surface area contributed by atoms with Gasteiger partial charge in [0.25, 0.3) is 0 Å². The largest absolute Gasteiger partial charge is 0.370 e. The number of allylic oxidation sites excluding steroid dienone is 4. The van der Waals surface area contributed by atoms with Gasteiger partial charge in [-0.3, -0.25) is 4.79 Å². The van der Waals surface area contributed by atoms with Crippen LogP contribution in [-0.2, 0) is 4.79 Å². The van der Waals surface area contributed by atoms with Crippen LogP contribution in [-0.4, -0.2) is 11.8 Å². The molecule has 0 bridgehead atoms. The maximum Gasteiger partial charge on any atom is 0.163 e. The molecule has 88 valence electrons. The van der Waals surface area contributed by atoms with Crippen molar-refractivity contribution in [3.8, 4) is 6.07 Å². The molecular weight excluding hydrogens is 244 g/mol. The molecule has 1 aliphatic heterocycles. The highest BCUT2D eigenvalue weighted by atomic mass is 32.1. The number of carbonyl (C=O) groups is 1. The second-order valence-electron chi connectivity index (χ2n) is 4.22. The number of hydrogen-bond donors (Lipinski definition) is 1. The van der Waals surface area contributed by atoms with Gasteiger partial charge in [0.2, 0.25) is 0 Å². The molecule has 1 N–H and O–H groups in total. The van der Waals surface area contributed by atoms with E-state index in [0.717, 1.165) is 22.4 Å². The number of nitrogens with zero attached hydrogens (tertiary/aromatic N) is 1. The van der Waals surface area contributed by atoms with Gasteiger partial charge in [0.05, 0.1) is 11.8 Å². The Hall–Kier alpha value is -2.12. The van der Waals surface area contributed by atoms with Crippen molar-refractivity contribution < 1.29 is 4.79 Å². The number of hydrogen-bond acceptors (Lipinski definition) is 4. The molecular formula is C14H10N2OS. The SMILES string of the molecule is N#C/C=C1/C=C2C=CCC(=O)C2Nc2cscc21. The number of rotatable bonds is 0. The fourth-order valence-corrected chi connectivity index (χ4v) is 3.04. The summed E-state index contributed by atoms with van der Waals surface area (Å²) in [6.45, 7) is 0. The Labute approximate surface area is 109 Å². The molecule has 3 rings (SSSR count). The lowest BCUT2D eigenvalue weighted by Gasteiger charge is -2.20. The predicted molar refractivity (Wildman–Crippen MR) is 72.2 cm³/mol. The van der Waals surface area contributed by atoms with E-state index in [2.05, 4.69) is 11.4 Å². The zero-order chi connectivity index (χ0) is 12.5. The van der Waals surface area contributed by atoms with Crippen molar-refractivity contribution >= 4 is 28.4 Å². The Kier molecular flexibility index (Phi) is 2.62. The van der Waals surface area contributed by atoms with Crippen molar-refractivity contribution in [1.82, 2.24) is 0 Å². The number of nitrogens with one attached hydrogen (secondary N) is 1. The van der Waals surface area contributed by atoms with Gasteiger partial charge in [-0.1, -0.05) is 12.2 Å². The summed E-state index contributed by atoms with van der Waals surface area (Å²) in [5.41, 5.74) is 3.71. The molecule has 1 atom stereocenters. The Morgan fingerprint density at radius 3 is 3.22 bits per heavy atom. The molecule has 0 fully saturated rings. The molecule has 1 unspecified atom stereocenters. The van der Waals surface area contributed by atoms with Gasteiger partial charge in [0.15, 0.2) is 5.78 Å². The quantitative estimate of drug-likeness (QED) is 0.724. The van der Waals surface area contributed by atoms with Crippen LogP contribution in [0.1, 0.15) is 12.0 Å². The van der Waals surface area contributed by atoms with Gasteiger partial charge in [0, 0.05) is 28.8 Å². The minimum Gasteiger partial charge on any atom is -0.370 e. The van der Waals surface area contributed by atoms with Gasteiger partial charge < -0.3 is 5.32 Å². The minimum atomic E-state index is -0.284. The van der Waals surface area contributed by atoms with Crippen LogP contribution in [0.25, 0.3) is 5.57 Å². The van der Waals surface area contributed by atoms with Crippen LogP contribution in [0.15, 0.2) is 40.6 Å². The first-order valence-corrected chi connectivity index (χ1v) is 6.57. The maximum atomic E-state index is 11.9. The van der Waals surface area contributed by atoms with Crippen LogP contribution >= 0.6 is 11.3 Å². The molecule has 0 aromatic carbocycles. The molecule has 3 nitrogen and oxygen atoms in total. The maximum absolute atomic E-state index is 11.9. The molecule has 2 aliphatic rings. The average molecular weight is 254 g/mol. The van der Waals surface area contributed by atoms with Crippen LogP contribution in [0.5, 0.6) is 0 Å². The van der Waals surface area contributed by atoms with Crippen molar-refractivity contribution in [1.29, 1.82) is 5.26 Å². The molecule has 1 aromatic heterocycles. The minimum absolute atomic E-state index is 0.166. The molecule has 2 heterocycles. The number of nitriles is 1. The summed E-state index contributed by atoms with van der Waals surface area (Å²) in [6.07, 6.45) is 7.74. The standard InChI is InChI=1S/C14H10N2OS/c15-5-4-9-6-10-2-1-3-13(17)14(10)16-12-8-18-7-11(9)12/h1-2,4,6-8,14,16H,3H2/b9-4-. The van der Waals surface area contributed by atoms with Crippen LogP contribution in [0, 0.1) is 11.3 Å². The Morgan fingerprint density at radius 1 is 1.50 bits per heavy atom. The third kappa shape index (κ3) is 1.69. The third-order valence-corrected chi connectivity index (χ3v) is 3.84. The van der Waals surface area contributed by atoms with Crippen molar-refractivity contribution in [2.24, 2.45) is 0 Å². The van der Waals surface area contributed by atoms with Crippen molar-refractivity contribution in [2.75, 3.05) is 5.32 Å². The zero-order valence-corrected chi connectivity index (χ0v) is 10.3. The van der Waals surface area contributed by atoms with Crippen LogP contribution in [0.3, 0.4) is 0 Å². The van der Waals surface area contributed by atoms with E-state index in [-0.39, 0.29) is 11.8 Å². The smallest absolute Gasteiger partial charge is 0.163 e. The van der Waals surface area contributed by atoms with Crippen LogP contribution in [0.2, 0.25) is 0 Å². The van der Waals surface area contributed by atoms with E-state index in [1.54, 1.807) is 11.3 Å². The normalized spacial score (nSPS) is 23.5. The average Bonchev–Trinajstić information content (AvgIpc) is 2.75. The lowest BCUT2D eigenvalue weighted by atomic mass is 9.94. The Balaban J connectivity index is 2.18. The van der Waals surface area contributed by atoms with E-state index in [0.29, 0.717) is 6.42 Å². The van der Waals surface area contributed by atoms with Gasteiger partial charge in [-0.15, -0.1) is 11.3 Å². The summed E-state index contributed by atoms with van der Waals surface area (Å²) in [5.74, 6) is 0.166. The number of Topliss-reactive ketones (excluding diaryl/α,β-unsaturated/α-hetero) is 1. The molecule has 1 aromatic rings. The summed E-state index contributed by atoms with van der Waals surface area (Å²) in [7, 11) is 0. The summed E-state index contributed by atoms with van der Waals surface area (Å²) in [5, 5.41) is 16.1. The highest BCUT2D eigenvalue weighted by Crippen LogP contribution is 2.35. The fraction of sp³-hybridized carbons (Fsp3) is 0.143. The first-order valence-electron chi connectivity index (χ1n) is 5.63. The second-order valence-corrected chi connectivity index (χ2v) is 4.97. The number of ketones is 1. The topological polar surface area (TPSA) is 52.9 Å². The number of carbonyl (C=O) groups excluding carboxylic acids is 1. The zero-order valence-electron chi connectivity index (χ0n) is 9.51. The van der Waals surface area contributed by atoms with E-state index in [4.69, 9.17) is 5.26 Å².